The molecule has 1 amide bonds. The first kappa shape index (κ1) is 14.2. The van der Waals surface area contributed by atoms with Crippen molar-refractivity contribution in [1.29, 1.82) is 0 Å². The van der Waals surface area contributed by atoms with Crippen LogP contribution in [0.4, 0.5) is 4.79 Å². The van der Waals surface area contributed by atoms with E-state index in [0.29, 0.717) is 0 Å². The standard InChI is InChI=1S/C11H24N2O2/c1-8(12)7-9(2)13(6)10(14)15-11(3,4)5/h8-9H,7,12H2,1-6H3. The van der Waals surface area contributed by atoms with Crippen molar-refractivity contribution in [2.45, 2.75) is 58.7 Å². The molecule has 90 valence electrons. The van der Waals surface area contributed by atoms with E-state index in [1.165, 1.54) is 0 Å². The van der Waals surface area contributed by atoms with Gasteiger partial charge in [0.25, 0.3) is 0 Å². The second-order valence-electron chi connectivity index (χ2n) is 5.15. The number of amides is 1. The van der Waals surface area contributed by atoms with Crippen LogP contribution in [0.15, 0.2) is 0 Å². The van der Waals surface area contributed by atoms with Gasteiger partial charge in [-0.2, -0.15) is 0 Å². The van der Waals surface area contributed by atoms with Crippen LogP contribution in [0, 0.1) is 0 Å². The summed E-state index contributed by atoms with van der Waals surface area (Å²) < 4.78 is 5.25. The highest BCUT2D eigenvalue weighted by Gasteiger charge is 2.23. The second kappa shape index (κ2) is 5.35. The average Bonchev–Trinajstić information content (AvgIpc) is 1.98. The number of rotatable bonds is 3. The topological polar surface area (TPSA) is 55.6 Å². The Morgan fingerprint density at radius 3 is 2.20 bits per heavy atom. The van der Waals surface area contributed by atoms with E-state index in [9.17, 15) is 4.79 Å². The fourth-order valence-corrected chi connectivity index (χ4v) is 1.21. The maximum absolute atomic E-state index is 11.6. The van der Waals surface area contributed by atoms with Gasteiger partial charge in [-0.25, -0.2) is 4.79 Å². The number of carbonyl (C=O) groups is 1. The molecule has 4 heteroatoms. The molecular formula is C11H24N2O2. The van der Waals surface area contributed by atoms with Crippen molar-refractivity contribution in [2.75, 3.05) is 7.05 Å². The molecule has 0 saturated carbocycles. The predicted molar refractivity (Wildman–Crippen MR) is 61.7 cm³/mol. The lowest BCUT2D eigenvalue weighted by Gasteiger charge is -2.29. The number of hydrogen-bond donors (Lipinski definition) is 1. The van der Waals surface area contributed by atoms with E-state index in [1.54, 1.807) is 11.9 Å². The third-order valence-electron chi connectivity index (χ3n) is 2.06. The molecule has 0 saturated heterocycles. The summed E-state index contributed by atoms with van der Waals surface area (Å²) in [6.07, 6.45) is 0.478. The van der Waals surface area contributed by atoms with Gasteiger partial charge in [-0.15, -0.1) is 0 Å². The van der Waals surface area contributed by atoms with Gasteiger partial charge >= 0.3 is 6.09 Å². The Bertz CT molecular complexity index is 209. The van der Waals surface area contributed by atoms with Crippen molar-refractivity contribution in [3.8, 4) is 0 Å². The molecule has 2 unspecified atom stereocenters. The summed E-state index contributed by atoms with van der Waals surface area (Å²) in [7, 11) is 1.74. The molecule has 0 bridgehead atoms. The van der Waals surface area contributed by atoms with E-state index < -0.39 is 5.60 Å². The number of carbonyl (C=O) groups excluding carboxylic acids is 1. The van der Waals surface area contributed by atoms with Crippen molar-refractivity contribution in [3.05, 3.63) is 0 Å². The van der Waals surface area contributed by atoms with Gasteiger partial charge in [0, 0.05) is 19.1 Å². The van der Waals surface area contributed by atoms with Crippen LogP contribution in [0.25, 0.3) is 0 Å². The molecule has 0 rings (SSSR count). The minimum absolute atomic E-state index is 0.0879. The molecule has 0 heterocycles. The molecule has 0 aliphatic rings. The Balaban J connectivity index is 4.20. The smallest absolute Gasteiger partial charge is 0.410 e. The largest absolute Gasteiger partial charge is 0.444 e. The second-order valence-corrected chi connectivity index (χ2v) is 5.15. The van der Waals surface area contributed by atoms with E-state index in [-0.39, 0.29) is 18.2 Å². The summed E-state index contributed by atoms with van der Waals surface area (Å²) in [6, 6.07) is 0.185. The Morgan fingerprint density at radius 1 is 1.40 bits per heavy atom. The Hall–Kier alpha value is -0.770. The number of hydrogen-bond acceptors (Lipinski definition) is 3. The van der Waals surface area contributed by atoms with Gasteiger partial charge in [0.15, 0.2) is 0 Å². The monoisotopic (exact) mass is 216 g/mol. The van der Waals surface area contributed by atoms with E-state index in [2.05, 4.69) is 0 Å². The zero-order chi connectivity index (χ0) is 12.2. The minimum Gasteiger partial charge on any atom is -0.444 e. The molecule has 0 spiro atoms. The van der Waals surface area contributed by atoms with Crippen LogP contribution in [-0.2, 0) is 4.74 Å². The summed E-state index contributed by atoms with van der Waals surface area (Å²) in [5, 5.41) is 0. The van der Waals surface area contributed by atoms with Crippen molar-refractivity contribution < 1.29 is 9.53 Å². The van der Waals surface area contributed by atoms with Crippen molar-refractivity contribution >= 4 is 6.09 Å². The SMILES string of the molecule is CC(N)CC(C)N(C)C(=O)OC(C)(C)C. The van der Waals surface area contributed by atoms with Crippen LogP contribution in [0.2, 0.25) is 0 Å². The third-order valence-corrected chi connectivity index (χ3v) is 2.06. The molecule has 0 aromatic rings. The highest BCUT2D eigenvalue weighted by atomic mass is 16.6. The first-order valence-corrected chi connectivity index (χ1v) is 5.35. The summed E-state index contributed by atoms with van der Waals surface area (Å²) in [6.45, 7) is 9.46. The number of nitrogens with zero attached hydrogens (tertiary/aromatic N) is 1. The fraction of sp³-hybridized carbons (Fsp3) is 0.909. The zero-order valence-electron chi connectivity index (χ0n) is 10.7. The van der Waals surface area contributed by atoms with Crippen LogP contribution in [-0.4, -0.2) is 35.7 Å². The van der Waals surface area contributed by atoms with Gasteiger partial charge in [-0.05, 0) is 41.0 Å². The molecule has 15 heavy (non-hydrogen) atoms. The normalized spacial score (nSPS) is 15.7. The van der Waals surface area contributed by atoms with Gasteiger partial charge in [0.2, 0.25) is 0 Å². The minimum atomic E-state index is -0.445. The maximum Gasteiger partial charge on any atom is 0.410 e. The molecule has 2 N–H and O–H groups in total. The lowest BCUT2D eigenvalue weighted by Crippen LogP contribution is -2.41. The van der Waals surface area contributed by atoms with Gasteiger partial charge in [0.1, 0.15) is 5.60 Å². The van der Waals surface area contributed by atoms with E-state index in [1.807, 2.05) is 34.6 Å². The maximum atomic E-state index is 11.6. The molecule has 0 aliphatic heterocycles. The molecule has 0 radical (unpaired) electrons. The van der Waals surface area contributed by atoms with Crippen molar-refractivity contribution in [1.82, 2.24) is 4.90 Å². The molecule has 4 nitrogen and oxygen atoms in total. The van der Waals surface area contributed by atoms with Gasteiger partial charge in [0.05, 0.1) is 0 Å². The van der Waals surface area contributed by atoms with Crippen LogP contribution >= 0.6 is 0 Å². The van der Waals surface area contributed by atoms with Crippen molar-refractivity contribution in [3.63, 3.8) is 0 Å². The molecule has 2 atom stereocenters. The summed E-state index contributed by atoms with van der Waals surface area (Å²) >= 11 is 0. The van der Waals surface area contributed by atoms with Crippen LogP contribution in [0.1, 0.15) is 41.0 Å². The first-order chi connectivity index (χ1) is 6.63. The lowest BCUT2D eigenvalue weighted by atomic mass is 10.1. The Kier molecular flexibility index (Phi) is 5.08. The predicted octanol–water partition coefficient (Wildman–Crippen LogP) is 1.98. The van der Waals surface area contributed by atoms with Gasteiger partial charge in [-0.1, -0.05) is 0 Å². The van der Waals surface area contributed by atoms with Crippen molar-refractivity contribution in [2.24, 2.45) is 5.73 Å². The fourth-order valence-electron chi connectivity index (χ4n) is 1.21. The van der Waals surface area contributed by atoms with E-state index in [0.717, 1.165) is 6.42 Å². The quantitative estimate of drug-likeness (QED) is 0.784. The molecule has 0 aliphatic carbocycles. The molecule has 0 aromatic carbocycles. The highest BCUT2D eigenvalue weighted by Crippen LogP contribution is 2.12. The Morgan fingerprint density at radius 2 is 1.87 bits per heavy atom. The molecule has 0 fully saturated rings. The Labute approximate surface area is 92.8 Å². The van der Waals surface area contributed by atoms with E-state index in [4.69, 9.17) is 10.5 Å². The lowest BCUT2D eigenvalue weighted by molar-refractivity contribution is 0.0226. The number of ether oxygens (including phenoxy) is 1. The number of nitrogens with two attached hydrogens (primary N) is 1. The van der Waals surface area contributed by atoms with Crippen LogP contribution in [0.3, 0.4) is 0 Å². The molecular weight excluding hydrogens is 192 g/mol. The van der Waals surface area contributed by atoms with Gasteiger partial charge in [-0.3, -0.25) is 0 Å². The van der Waals surface area contributed by atoms with E-state index >= 15 is 0 Å². The van der Waals surface area contributed by atoms with Gasteiger partial charge < -0.3 is 15.4 Å². The summed E-state index contributed by atoms with van der Waals surface area (Å²) in [4.78, 5) is 13.2. The zero-order valence-corrected chi connectivity index (χ0v) is 10.7. The third kappa shape index (κ3) is 6.33. The average molecular weight is 216 g/mol. The molecule has 0 aromatic heterocycles. The first-order valence-electron chi connectivity index (χ1n) is 5.35. The summed E-state index contributed by atoms with van der Waals surface area (Å²) in [5.74, 6) is 0. The summed E-state index contributed by atoms with van der Waals surface area (Å²) in [5.41, 5.74) is 5.23. The van der Waals surface area contributed by atoms with Crippen LogP contribution in [0.5, 0.6) is 0 Å². The van der Waals surface area contributed by atoms with Crippen LogP contribution < -0.4 is 5.73 Å². The highest BCUT2D eigenvalue weighted by molar-refractivity contribution is 5.68.